The van der Waals surface area contributed by atoms with Gasteiger partial charge in [0.05, 0.1) is 4.90 Å². The summed E-state index contributed by atoms with van der Waals surface area (Å²) >= 11 is 0. The maximum atomic E-state index is 13.0. The standard InChI is InChI=1S/C19H28N2O5S/c1-12(2)17(19(23)24)20-18(22)15-6-5-7-16(9-15)27(25,26)21-10-13(3)8-14(4)11-21/h5-7,9,12-14,17H,8,10-11H2,1-4H3,(H,20,22)(H,23,24)/t13?,14?,17-/m1/s1. The van der Waals surface area contributed by atoms with Crippen LogP contribution in [0.15, 0.2) is 29.2 Å². The molecule has 1 aliphatic heterocycles. The van der Waals surface area contributed by atoms with Crippen molar-refractivity contribution in [2.45, 2.75) is 45.1 Å². The third kappa shape index (κ3) is 5.07. The summed E-state index contributed by atoms with van der Waals surface area (Å²) in [6.45, 7) is 8.35. The van der Waals surface area contributed by atoms with E-state index in [0.29, 0.717) is 13.1 Å². The van der Waals surface area contributed by atoms with E-state index >= 15 is 0 Å². The molecule has 2 N–H and O–H groups in total. The van der Waals surface area contributed by atoms with Crippen LogP contribution in [0.5, 0.6) is 0 Å². The number of hydrogen-bond acceptors (Lipinski definition) is 4. The van der Waals surface area contributed by atoms with Gasteiger partial charge in [0.25, 0.3) is 5.91 Å². The number of aliphatic carboxylic acids is 1. The summed E-state index contributed by atoms with van der Waals surface area (Å²) in [7, 11) is -3.71. The molecule has 0 bridgehead atoms. The first-order chi connectivity index (χ1) is 12.5. The van der Waals surface area contributed by atoms with E-state index in [1.54, 1.807) is 13.8 Å². The molecule has 150 valence electrons. The summed E-state index contributed by atoms with van der Waals surface area (Å²) in [4.78, 5) is 23.8. The van der Waals surface area contributed by atoms with Crippen LogP contribution in [0, 0.1) is 17.8 Å². The maximum Gasteiger partial charge on any atom is 0.326 e. The number of carbonyl (C=O) groups excluding carboxylic acids is 1. The molecule has 1 aliphatic rings. The molecule has 1 saturated heterocycles. The summed E-state index contributed by atoms with van der Waals surface area (Å²) in [5.41, 5.74) is 0.126. The van der Waals surface area contributed by atoms with Crippen LogP contribution in [0.1, 0.15) is 44.5 Å². The molecule has 1 heterocycles. The lowest BCUT2D eigenvalue weighted by molar-refractivity contribution is -0.140. The van der Waals surface area contributed by atoms with E-state index in [1.807, 2.05) is 13.8 Å². The average molecular weight is 397 g/mol. The minimum absolute atomic E-state index is 0.0490. The highest BCUT2D eigenvalue weighted by Crippen LogP contribution is 2.27. The second kappa shape index (κ2) is 8.39. The Kier molecular flexibility index (Phi) is 6.64. The minimum Gasteiger partial charge on any atom is -0.480 e. The summed E-state index contributed by atoms with van der Waals surface area (Å²) in [6, 6.07) is 4.72. The lowest BCUT2D eigenvalue weighted by Gasteiger charge is -2.34. The van der Waals surface area contributed by atoms with Gasteiger partial charge in [0.15, 0.2) is 0 Å². The molecule has 0 radical (unpaired) electrons. The van der Waals surface area contributed by atoms with E-state index in [-0.39, 0.29) is 28.2 Å². The van der Waals surface area contributed by atoms with Crippen LogP contribution in [0.2, 0.25) is 0 Å². The molecule has 1 amide bonds. The Balaban J connectivity index is 2.26. The molecule has 0 aliphatic carbocycles. The Labute approximate surface area is 160 Å². The first kappa shape index (κ1) is 21.4. The maximum absolute atomic E-state index is 13.0. The topological polar surface area (TPSA) is 104 Å². The number of nitrogens with zero attached hydrogens (tertiary/aromatic N) is 1. The van der Waals surface area contributed by atoms with Gasteiger partial charge in [-0.15, -0.1) is 0 Å². The molecule has 8 heteroatoms. The van der Waals surface area contributed by atoms with Crippen LogP contribution < -0.4 is 5.32 Å². The zero-order valence-electron chi connectivity index (χ0n) is 16.2. The smallest absolute Gasteiger partial charge is 0.326 e. The van der Waals surface area contributed by atoms with Crippen molar-refractivity contribution >= 4 is 21.9 Å². The molecule has 27 heavy (non-hydrogen) atoms. The monoisotopic (exact) mass is 396 g/mol. The van der Waals surface area contributed by atoms with Gasteiger partial charge >= 0.3 is 5.97 Å². The SMILES string of the molecule is CC1CC(C)CN(S(=O)(=O)c2cccc(C(=O)N[C@@H](C(=O)O)C(C)C)c2)C1. The molecular formula is C19H28N2O5S. The van der Waals surface area contributed by atoms with E-state index < -0.39 is 27.9 Å². The van der Waals surface area contributed by atoms with Crippen LogP contribution in [-0.4, -0.2) is 48.8 Å². The van der Waals surface area contributed by atoms with Crippen molar-refractivity contribution < 1.29 is 23.1 Å². The van der Waals surface area contributed by atoms with Crippen molar-refractivity contribution in [1.29, 1.82) is 0 Å². The molecular weight excluding hydrogens is 368 g/mol. The van der Waals surface area contributed by atoms with Gasteiger partial charge in [0.1, 0.15) is 6.04 Å². The molecule has 1 aromatic carbocycles. The van der Waals surface area contributed by atoms with Crippen molar-refractivity contribution in [2.24, 2.45) is 17.8 Å². The van der Waals surface area contributed by atoms with Gasteiger partial charge in [-0.2, -0.15) is 4.31 Å². The van der Waals surface area contributed by atoms with E-state index in [9.17, 15) is 23.1 Å². The Hall–Kier alpha value is -1.93. The third-order valence-electron chi connectivity index (χ3n) is 4.79. The van der Waals surface area contributed by atoms with E-state index in [4.69, 9.17) is 0 Å². The zero-order valence-corrected chi connectivity index (χ0v) is 17.0. The van der Waals surface area contributed by atoms with Crippen LogP contribution in [0.3, 0.4) is 0 Å². The number of carboxylic acid groups (broad SMARTS) is 1. The van der Waals surface area contributed by atoms with Crippen molar-refractivity contribution in [3.05, 3.63) is 29.8 Å². The lowest BCUT2D eigenvalue weighted by Crippen LogP contribution is -2.44. The fourth-order valence-corrected chi connectivity index (χ4v) is 5.21. The quantitative estimate of drug-likeness (QED) is 0.767. The van der Waals surface area contributed by atoms with Crippen molar-refractivity contribution in [2.75, 3.05) is 13.1 Å². The summed E-state index contributed by atoms with van der Waals surface area (Å²) in [5, 5.41) is 11.7. The van der Waals surface area contributed by atoms with Crippen LogP contribution in [-0.2, 0) is 14.8 Å². The van der Waals surface area contributed by atoms with E-state index in [2.05, 4.69) is 5.32 Å². The van der Waals surface area contributed by atoms with Crippen LogP contribution in [0.25, 0.3) is 0 Å². The molecule has 3 atom stereocenters. The normalized spacial score (nSPS) is 22.4. The predicted octanol–water partition coefficient (Wildman–Crippen LogP) is 2.19. The van der Waals surface area contributed by atoms with Gasteiger partial charge in [-0.25, -0.2) is 13.2 Å². The van der Waals surface area contributed by atoms with Gasteiger partial charge in [-0.1, -0.05) is 33.8 Å². The van der Waals surface area contributed by atoms with Crippen molar-refractivity contribution in [3.8, 4) is 0 Å². The molecule has 2 unspecified atom stereocenters. The number of piperidine rings is 1. The second-order valence-corrected chi connectivity index (χ2v) is 9.77. The number of hydrogen-bond donors (Lipinski definition) is 2. The van der Waals surface area contributed by atoms with E-state index in [1.165, 1.54) is 28.6 Å². The highest BCUT2D eigenvalue weighted by molar-refractivity contribution is 7.89. The Morgan fingerprint density at radius 1 is 1.19 bits per heavy atom. The minimum atomic E-state index is -3.71. The molecule has 2 rings (SSSR count). The summed E-state index contributed by atoms with van der Waals surface area (Å²) < 4.78 is 27.5. The van der Waals surface area contributed by atoms with Gasteiger partial charge < -0.3 is 10.4 Å². The molecule has 7 nitrogen and oxygen atoms in total. The Morgan fingerprint density at radius 2 is 1.78 bits per heavy atom. The number of nitrogens with one attached hydrogen (secondary N) is 1. The first-order valence-electron chi connectivity index (χ1n) is 9.16. The average Bonchev–Trinajstić information content (AvgIpc) is 2.58. The number of rotatable bonds is 6. The lowest BCUT2D eigenvalue weighted by atomic mass is 9.94. The fourth-order valence-electron chi connectivity index (χ4n) is 3.49. The highest BCUT2D eigenvalue weighted by Gasteiger charge is 2.32. The number of amides is 1. The Bertz CT molecular complexity index is 796. The van der Waals surface area contributed by atoms with Crippen LogP contribution in [0.4, 0.5) is 0 Å². The zero-order chi connectivity index (χ0) is 20.4. The van der Waals surface area contributed by atoms with Crippen molar-refractivity contribution in [1.82, 2.24) is 9.62 Å². The number of benzene rings is 1. The van der Waals surface area contributed by atoms with Gasteiger partial charge in [0, 0.05) is 18.7 Å². The number of sulfonamides is 1. The fraction of sp³-hybridized carbons (Fsp3) is 0.579. The second-order valence-electron chi connectivity index (χ2n) is 7.83. The third-order valence-corrected chi connectivity index (χ3v) is 6.62. The van der Waals surface area contributed by atoms with Gasteiger partial charge in [-0.05, 0) is 42.4 Å². The van der Waals surface area contributed by atoms with E-state index in [0.717, 1.165) is 6.42 Å². The molecule has 0 aromatic heterocycles. The first-order valence-corrected chi connectivity index (χ1v) is 10.6. The van der Waals surface area contributed by atoms with Gasteiger partial charge in [0.2, 0.25) is 10.0 Å². The molecule has 0 saturated carbocycles. The number of carbonyl (C=O) groups is 2. The van der Waals surface area contributed by atoms with Crippen LogP contribution >= 0.6 is 0 Å². The number of carboxylic acids is 1. The predicted molar refractivity (Wildman–Crippen MR) is 102 cm³/mol. The molecule has 1 aromatic rings. The summed E-state index contributed by atoms with van der Waals surface area (Å²) in [5.74, 6) is -1.48. The highest BCUT2D eigenvalue weighted by atomic mass is 32.2. The molecule has 1 fully saturated rings. The van der Waals surface area contributed by atoms with Gasteiger partial charge in [-0.3, -0.25) is 4.79 Å². The summed E-state index contributed by atoms with van der Waals surface area (Å²) in [6.07, 6.45) is 0.986. The molecule has 0 spiro atoms. The largest absolute Gasteiger partial charge is 0.480 e. The van der Waals surface area contributed by atoms with Crippen molar-refractivity contribution in [3.63, 3.8) is 0 Å². The Morgan fingerprint density at radius 3 is 2.30 bits per heavy atom.